The minimum atomic E-state index is -0.719. The van der Waals surface area contributed by atoms with Gasteiger partial charge in [-0.1, -0.05) is 18.0 Å². The number of hydrogen-bond donors (Lipinski definition) is 1. The average Bonchev–Trinajstić information content (AvgIpc) is 2.80. The summed E-state index contributed by atoms with van der Waals surface area (Å²) in [6.07, 6.45) is 3.63. The van der Waals surface area contributed by atoms with Crippen LogP contribution in [0.1, 0.15) is 24.8 Å². The Labute approximate surface area is 123 Å². The van der Waals surface area contributed by atoms with Gasteiger partial charge in [-0.3, -0.25) is 9.69 Å². The normalized spacial score (nSPS) is 26.1. The van der Waals surface area contributed by atoms with E-state index in [0.717, 1.165) is 48.6 Å². The Bertz CT molecular complexity index is 520. The van der Waals surface area contributed by atoms with Crippen LogP contribution in [-0.4, -0.2) is 41.2 Å². The predicted molar refractivity (Wildman–Crippen MR) is 76.4 cm³/mol. The van der Waals surface area contributed by atoms with Crippen molar-refractivity contribution in [3.63, 3.8) is 0 Å². The van der Waals surface area contributed by atoms with Crippen molar-refractivity contribution >= 4 is 17.6 Å². The number of carboxylic acid groups (broad SMARTS) is 1. The molecular formula is C15H18ClNO3. The summed E-state index contributed by atoms with van der Waals surface area (Å²) < 4.78 is 5.90. The Morgan fingerprint density at radius 1 is 1.45 bits per heavy atom. The lowest BCUT2D eigenvalue weighted by molar-refractivity contribution is -0.145. The van der Waals surface area contributed by atoms with E-state index in [1.807, 2.05) is 23.1 Å². The van der Waals surface area contributed by atoms with E-state index in [1.165, 1.54) is 0 Å². The van der Waals surface area contributed by atoms with Crippen LogP contribution in [0.2, 0.25) is 5.02 Å². The van der Waals surface area contributed by atoms with Gasteiger partial charge in [-0.25, -0.2) is 0 Å². The molecule has 3 rings (SSSR count). The number of carbonyl (C=O) groups is 1. The maximum atomic E-state index is 11.3. The fourth-order valence-electron chi connectivity index (χ4n) is 3.14. The number of rotatable bonds is 3. The summed E-state index contributed by atoms with van der Waals surface area (Å²) in [4.78, 5) is 13.3. The van der Waals surface area contributed by atoms with E-state index < -0.39 is 5.97 Å². The Kier molecular flexibility index (Phi) is 3.85. The van der Waals surface area contributed by atoms with E-state index in [4.69, 9.17) is 16.3 Å². The second-order valence-electron chi connectivity index (χ2n) is 5.54. The van der Waals surface area contributed by atoms with Gasteiger partial charge in [-0.2, -0.15) is 0 Å². The molecule has 0 saturated carbocycles. The van der Waals surface area contributed by atoms with Crippen LogP contribution in [0.15, 0.2) is 18.2 Å². The van der Waals surface area contributed by atoms with Gasteiger partial charge in [-0.05, 0) is 43.1 Å². The Morgan fingerprint density at radius 3 is 3.10 bits per heavy atom. The molecule has 0 radical (unpaired) electrons. The topological polar surface area (TPSA) is 49.8 Å². The molecule has 5 heteroatoms. The third kappa shape index (κ3) is 2.76. The number of benzene rings is 1. The van der Waals surface area contributed by atoms with E-state index in [0.29, 0.717) is 6.54 Å². The number of aliphatic carboxylic acids is 1. The molecule has 0 spiro atoms. The molecule has 1 aromatic rings. The summed E-state index contributed by atoms with van der Waals surface area (Å²) in [6, 6.07) is 5.29. The SMILES string of the molecule is O=C(O)C1CCCCN1CC1Cc2cc(Cl)ccc2O1. The standard InChI is InChI=1S/C15H18ClNO3/c16-11-4-5-14-10(7-11)8-12(20-14)9-17-6-2-1-3-13(17)15(18)19/h4-5,7,12-13H,1-3,6,8-9H2,(H,18,19). The van der Waals surface area contributed by atoms with Gasteiger partial charge in [0.05, 0.1) is 0 Å². The minimum Gasteiger partial charge on any atom is -0.488 e. The molecule has 0 aromatic heterocycles. The highest BCUT2D eigenvalue weighted by Crippen LogP contribution is 2.32. The molecule has 1 N–H and O–H groups in total. The summed E-state index contributed by atoms with van der Waals surface area (Å²) in [5.74, 6) is 0.159. The van der Waals surface area contributed by atoms with Gasteiger partial charge in [0.1, 0.15) is 17.9 Å². The summed E-state index contributed by atoms with van der Waals surface area (Å²) in [5, 5.41) is 10.0. The Balaban J connectivity index is 1.66. The van der Waals surface area contributed by atoms with Crippen LogP contribution in [0.3, 0.4) is 0 Å². The smallest absolute Gasteiger partial charge is 0.320 e. The second kappa shape index (κ2) is 5.62. The number of likely N-dealkylation sites (tertiary alicyclic amines) is 1. The molecule has 2 heterocycles. The van der Waals surface area contributed by atoms with Gasteiger partial charge >= 0.3 is 5.97 Å². The van der Waals surface area contributed by atoms with Crippen molar-refractivity contribution in [3.05, 3.63) is 28.8 Å². The van der Waals surface area contributed by atoms with E-state index in [9.17, 15) is 9.90 Å². The number of halogens is 1. The molecule has 2 aliphatic heterocycles. The molecule has 108 valence electrons. The molecule has 1 saturated heterocycles. The molecular weight excluding hydrogens is 278 g/mol. The molecule has 4 nitrogen and oxygen atoms in total. The van der Waals surface area contributed by atoms with Crippen molar-refractivity contribution in [1.82, 2.24) is 4.90 Å². The first-order valence-corrected chi connectivity index (χ1v) is 7.43. The second-order valence-corrected chi connectivity index (χ2v) is 5.98. The lowest BCUT2D eigenvalue weighted by Gasteiger charge is -2.34. The van der Waals surface area contributed by atoms with Crippen molar-refractivity contribution in [2.45, 2.75) is 37.8 Å². The zero-order valence-electron chi connectivity index (χ0n) is 11.2. The maximum absolute atomic E-state index is 11.3. The zero-order valence-corrected chi connectivity index (χ0v) is 12.0. The van der Waals surface area contributed by atoms with Gasteiger partial charge < -0.3 is 9.84 Å². The predicted octanol–water partition coefficient (Wildman–Crippen LogP) is 2.58. The number of piperidine rings is 1. The van der Waals surface area contributed by atoms with Crippen molar-refractivity contribution in [1.29, 1.82) is 0 Å². The quantitative estimate of drug-likeness (QED) is 0.931. The maximum Gasteiger partial charge on any atom is 0.320 e. The summed E-state index contributed by atoms with van der Waals surface area (Å²) >= 11 is 5.98. The van der Waals surface area contributed by atoms with Crippen LogP contribution < -0.4 is 4.74 Å². The van der Waals surface area contributed by atoms with Crippen LogP contribution in [0.5, 0.6) is 5.75 Å². The molecule has 0 amide bonds. The van der Waals surface area contributed by atoms with E-state index in [-0.39, 0.29) is 12.1 Å². The Hall–Kier alpha value is -1.26. The van der Waals surface area contributed by atoms with Crippen LogP contribution >= 0.6 is 11.6 Å². The highest BCUT2D eigenvalue weighted by molar-refractivity contribution is 6.30. The van der Waals surface area contributed by atoms with Crippen molar-refractivity contribution in [3.8, 4) is 5.75 Å². The first-order chi connectivity index (χ1) is 9.63. The number of ether oxygens (including phenoxy) is 1. The molecule has 0 bridgehead atoms. The third-order valence-corrected chi connectivity index (χ3v) is 4.34. The minimum absolute atomic E-state index is 0.0309. The van der Waals surface area contributed by atoms with Crippen molar-refractivity contribution in [2.75, 3.05) is 13.1 Å². The summed E-state index contributed by atoms with van der Waals surface area (Å²) in [5.41, 5.74) is 1.12. The highest BCUT2D eigenvalue weighted by Gasteiger charge is 2.32. The van der Waals surface area contributed by atoms with E-state index in [2.05, 4.69) is 0 Å². The van der Waals surface area contributed by atoms with Crippen LogP contribution in [0, 0.1) is 0 Å². The van der Waals surface area contributed by atoms with Gasteiger partial charge in [0, 0.05) is 18.0 Å². The van der Waals surface area contributed by atoms with Gasteiger partial charge in [0.2, 0.25) is 0 Å². The zero-order chi connectivity index (χ0) is 14.1. The summed E-state index contributed by atoms with van der Waals surface area (Å²) in [6.45, 7) is 1.51. The molecule has 2 aliphatic rings. The van der Waals surface area contributed by atoms with Gasteiger partial charge in [0.15, 0.2) is 0 Å². The number of carboxylic acids is 1. The molecule has 2 unspecified atom stereocenters. The molecule has 1 aromatic carbocycles. The lowest BCUT2D eigenvalue weighted by Crippen LogP contribution is -2.48. The largest absolute Gasteiger partial charge is 0.488 e. The first kappa shape index (κ1) is 13.7. The monoisotopic (exact) mass is 295 g/mol. The third-order valence-electron chi connectivity index (χ3n) is 4.10. The number of nitrogens with zero attached hydrogens (tertiary/aromatic N) is 1. The van der Waals surface area contributed by atoms with Crippen LogP contribution in [0.25, 0.3) is 0 Å². The summed E-state index contributed by atoms with van der Waals surface area (Å²) in [7, 11) is 0. The number of hydrogen-bond acceptors (Lipinski definition) is 3. The molecule has 2 atom stereocenters. The molecule has 20 heavy (non-hydrogen) atoms. The fourth-order valence-corrected chi connectivity index (χ4v) is 3.34. The van der Waals surface area contributed by atoms with Crippen LogP contribution in [-0.2, 0) is 11.2 Å². The van der Waals surface area contributed by atoms with E-state index in [1.54, 1.807) is 0 Å². The van der Waals surface area contributed by atoms with Gasteiger partial charge in [-0.15, -0.1) is 0 Å². The van der Waals surface area contributed by atoms with Crippen molar-refractivity contribution in [2.24, 2.45) is 0 Å². The first-order valence-electron chi connectivity index (χ1n) is 7.05. The highest BCUT2D eigenvalue weighted by atomic mass is 35.5. The average molecular weight is 296 g/mol. The van der Waals surface area contributed by atoms with Crippen molar-refractivity contribution < 1.29 is 14.6 Å². The van der Waals surface area contributed by atoms with Gasteiger partial charge in [0.25, 0.3) is 0 Å². The fraction of sp³-hybridized carbons (Fsp3) is 0.533. The van der Waals surface area contributed by atoms with E-state index >= 15 is 0 Å². The number of fused-ring (bicyclic) bond motifs is 1. The Morgan fingerprint density at radius 2 is 2.30 bits per heavy atom. The molecule has 0 aliphatic carbocycles. The lowest BCUT2D eigenvalue weighted by atomic mass is 10.0. The molecule has 1 fully saturated rings. The van der Waals surface area contributed by atoms with Crippen LogP contribution in [0.4, 0.5) is 0 Å².